The van der Waals surface area contributed by atoms with Crippen molar-refractivity contribution in [2.75, 3.05) is 6.54 Å². The average molecular weight is 304 g/mol. The minimum absolute atomic E-state index is 0.115. The monoisotopic (exact) mass is 304 g/mol. The van der Waals surface area contributed by atoms with Gasteiger partial charge in [0.1, 0.15) is 5.82 Å². The maximum absolute atomic E-state index is 13.3. The molecule has 116 valence electrons. The summed E-state index contributed by atoms with van der Waals surface area (Å²) in [5.74, 6) is -1.67. The van der Waals surface area contributed by atoms with E-state index < -0.39 is 23.5 Å². The van der Waals surface area contributed by atoms with E-state index in [1.54, 1.807) is 0 Å². The summed E-state index contributed by atoms with van der Waals surface area (Å²) in [6, 6.07) is 1.66. The highest BCUT2D eigenvalue weighted by atomic mass is 19.4. The summed E-state index contributed by atoms with van der Waals surface area (Å²) >= 11 is 0. The van der Waals surface area contributed by atoms with Crippen LogP contribution in [0.3, 0.4) is 0 Å². The Hall–Kier alpha value is -1.63. The first-order valence-electron chi connectivity index (χ1n) is 6.70. The molecular weight excluding hydrogens is 288 g/mol. The van der Waals surface area contributed by atoms with Crippen LogP contribution in [0.25, 0.3) is 0 Å². The summed E-state index contributed by atoms with van der Waals surface area (Å²) in [7, 11) is 0. The molecule has 1 aromatic carbocycles. The van der Waals surface area contributed by atoms with E-state index in [4.69, 9.17) is 5.73 Å². The van der Waals surface area contributed by atoms with Crippen LogP contribution in [-0.2, 0) is 6.18 Å². The van der Waals surface area contributed by atoms with Crippen molar-refractivity contribution < 1.29 is 22.4 Å². The predicted octanol–water partition coefficient (Wildman–Crippen LogP) is 2.70. The third kappa shape index (κ3) is 3.72. The highest BCUT2D eigenvalue weighted by molar-refractivity contribution is 5.94. The van der Waals surface area contributed by atoms with Crippen LogP contribution in [0.2, 0.25) is 0 Å². The number of nitrogens with two attached hydrogens (primary N) is 1. The second-order valence-corrected chi connectivity index (χ2v) is 5.23. The second kappa shape index (κ2) is 6.01. The Morgan fingerprint density at radius 2 is 2.00 bits per heavy atom. The summed E-state index contributed by atoms with van der Waals surface area (Å²) in [5.41, 5.74) is 4.08. The molecule has 3 N–H and O–H groups in total. The number of halogens is 4. The highest BCUT2D eigenvalue weighted by Crippen LogP contribution is 2.31. The van der Waals surface area contributed by atoms with Gasteiger partial charge in [-0.15, -0.1) is 0 Å². The first kappa shape index (κ1) is 15.8. The topological polar surface area (TPSA) is 55.1 Å². The van der Waals surface area contributed by atoms with Gasteiger partial charge in [-0.2, -0.15) is 13.2 Å². The van der Waals surface area contributed by atoms with Gasteiger partial charge in [0.2, 0.25) is 0 Å². The van der Waals surface area contributed by atoms with Gasteiger partial charge in [-0.3, -0.25) is 4.79 Å². The molecule has 7 heteroatoms. The van der Waals surface area contributed by atoms with Crippen molar-refractivity contribution in [1.82, 2.24) is 5.32 Å². The zero-order valence-electron chi connectivity index (χ0n) is 11.2. The molecule has 1 aliphatic carbocycles. The maximum Gasteiger partial charge on any atom is 0.416 e. The van der Waals surface area contributed by atoms with E-state index in [0.29, 0.717) is 18.7 Å². The van der Waals surface area contributed by atoms with E-state index in [1.165, 1.54) is 0 Å². The normalized spacial score (nSPS) is 22.3. The molecule has 0 heterocycles. The Labute approximate surface area is 119 Å². The largest absolute Gasteiger partial charge is 0.416 e. The minimum Gasteiger partial charge on any atom is -0.349 e. The molecule has 0 radical (unpaired) electrons. The first-order valence-corrected chi connectivity index (χ1v) is 6.70. The number of hydrogen-bond acceptors (Lipinski definition) is 2. The van der Waals surface area contributed by atoms with E-state index in [2.05, 4.69) is 5.32 Å². The molecule has 1 amide bonds. The van der Waals surface area contributed by atoms with Crippen LogP contribution in [0.1, 0.15) is 35.2 Å². The van der Waals surface area contributed by atoms with Crippen molar-refractivity contribution in [3.63, 3.8) is 0 Å². The highest BCUT2D eigenvalue weighted by Gasteiger charge is 2.33. The zero-order chi connectivity index (χ0) is 15.6. The number of carbonyl (C=O) groups is 1. The van der Waals surface area contributed by atoms with Gasteiger partial charge in [0, 0.05) is 11.6 Å². The fraction of sp³-hybridized carbons (Fsp3) is 0.500. The SMILES string of the molecule is NCC1CCCC1NC(=O)c1cc(F)cc(C(F)(F)F)c1. The molecule has 1 aromatic rings. The molecule has 1 aliphatic rings. The standard InChI is InChI=1S/C14H16F4N2O/c15-11-5-9(4-10(6-11)14(16,17)18)13(21)20-12-3-1-2-8(12)7-19/h4-6,8,12H,1-3,7,19H2,(H,20,21). The van der Waals surface area contributed by atoms with Crippen molar-refractivity contribution in [1.29, 1.82) is 0 Å². The van der Waals surface area contributed by atoms with Gasteiger partial charge >= 0.3 is 6.18 Å². The van der Waals surface area contributed by atoms with E-state index >= 15 is 0 Å². The van der Waals surface area contributed by atoms with Crippen LogP contribution >= 0.6 is 0 Å². The maximum atomic E-state index is 13.3. The molecule has 2 rings (SSSR count). The number of alkyl halides is 3. The molecule has 0 bridgehead atoms. The summed E-state index contributed by atoms with van der Waals surface area (Å²) in [5, 5.41) is 2.65. The first-order chi connectivity index (χ1) is 9.81. The van der Waals surface area contributed by atoms with Crippen LogP contribution in [-0.4, -0.2) is 18.5 Å². The minimum atomic E-state index is -4.69. The van der Waals surface area contributed by atoms with Crippen LogP contribution in [0, 0.1) is 11.7 Å². The molecule has 0 saturated heterocycles. The van der Waals surface area contributed by atoms with E-state index in [0.717, 1.165) is 25.3 Å². The number of rotatable bonds is 3. The lowest BCUT2D eigenvalue weighted by Crippen LogP contribution is -2.40. The smallest absolute Gasteiger partial charge is 0.349 e. The third-order valence-electron chi connectivity index (χ3n) is 3.77. The van der Waals surface area contributed by atoms with Gasteiger partial charge in [-0.25, -0.2) is 4.39 Å². The Morgan fingerprint density at radius 3 is 2.62 bits per heavy atom. The Kier molecular flexibility index (Phi) is 4.51. The molecule has 1 saturated carbocycles. The second-order valence-electron chi connectivity index (χ2n) is 5.23. The van der Waals surface area contributed by atoms with Gasteiger partial charge in [0.25, 0.3) is 5.91 Å². The van der Waals surface area contributed by atoms with Crippen LogP contribution < -0.4 is 11.1 Å². The molecule has 21 heavy (non-hydrogen) atoms. The van der Waals surface area contributed by atoms with Crippen molar-refractivity contribution in [2.45, 2.75) is 31.5 Å². The van der Waals surface area contributed by atoms with Crippen molar-refractivity contribution >= 4 is 5.91 Å². The van der Waals surface area contributed by atoms with Gasteiger partial charge in [-0.05, 0) is 43.5 Å². The summed E-state index contributed by atoms with van der Waals surface area (Å²) < 4.78 is 51.1. The Balaban J connectivity index is 2.17. The van der Waals surface area contributed by atoms with Gasteiger partial charge in [-0.1, -0.05) is 6.42 Å². The Bertz CT molecular complexity index is 530. The zero-order valence-corrected chi connectivity index (χ0v) is 11.2. The molecular formula is C14H16F4N2O. The quantitative estimate of drug-likeness (QED) is 0.844. The number of benzene rings is 1. The molecule has 0 spiro atoms. The molecule has 1 fully saturated rings. The van der Waals surface area contributed by atoms with Crippen molar-refractivity contribution in [3.8, 4) is 0 Å². The molecule has 0 aromatic heterocycles. The fourth-order valence-electron chi connectivity index (χ4n) is 2.65. The predicted molar refractivity (Wildman–Crippen MR) is 69.1 cm³/mol. The third-order valence-corrected chi connectivity index (χ3v) is 3.77. The lowest BCUT2D eigenvalue weighted by atomic mass is 10.0. The molecule has 2 unspecified atom stereocenters. The van der Waals surface area contributed by atoms with Gasteiger partial charge in [0.05, 0.1) is 5.56 Å². The van der Waals surface area contributed by atoms with Crippen LogP contribution in [0.5, 0.6) is 0 Å². The van der Waals surface area contributed by atoms with Crippen molar-refractivity contribution in [2.24, 2.45) is 11.7 Å². The molecule has 3 nitrogen and oxygen atoms in total. The number of amides is 1. The number of hydrogen-bond donors (Lipinski definition) is 2. The van der Waals surface area contributed by atoms with Gasteiger partial charge in [0.15, 0.2) is 0 Å². The van der Waals surface area contributed by atoms with Crippen LogP contribution in [0.4, 0.5) is 17.6 Å². The summed E-state index contributed by atoms with van der Waals surface area (Å²) in [6.07, 6.45) is -2.18. The van der Waals surface area contributed by atoms with Gasteiger partial charge < -0.3 is 11.1 Å². The average Bonchev–Trinajstić information content (AvgIpc) is 2.84. The van der Waals surface area contributed by atoms with E-state index in [1.807, 2.05) is 0 Å². The number of nitrogens with one attached hydrogen (secondary N) is 1. The lowest BCUT2D eigenvalue weighted by molar-refractivity contribution is -0.137. The van der Waals surface area contributed by atoms with E-state index in [9.17, 15) is 22.4 Å². The lowest BCUT2D eigenvalue weighted by Gasteiger charge is -2.19. The fourth-order valence-corrected chi connectivity index (χ4v) is 2.65. The van der Waals surface area contributed by atoms with Crippen molar-refractivity contribution in [3.05, 3.63) is 35.1 Å². The molecule has 0 aliphatic heterocycles. The van der Waals surface area contributed by atoms with Crippen LogP contribution in [0.15, 0.2) is 18.2 Å². The van der Waals surface area contributed by atoms with E-state index in [-0.39, 0.29) is 17.5 Å². The Morgan fingerprint density at radius 1 is 1.29 bits per heavy atom. The molecule has 2 atom stereocenters. The summed E-state index contributed by atoms with van der Waals surface area (Å²) in [4.78, 5) is 12.0. The summed E-state index contributed by atoms with van der Waals surface area (Å²) in [6.45, 7) is 0.405. The number of carbonyl (C=O) groups excluding carboxylic acids is 1.